The molecule has 2 N–H and O–H groups in total. The van der Waals surface area contributed by atoms with Crippen LogP contribution in [-0.4, -0.2) is 64.4 Å². The minimum absolute atomic E-state index is 0.0760. The molecule has 0 aromatic rings. The van der Waals surface area contributed by atoms with E-state index in [-0.39, 0.29) is 23.1 Å². The third kappa shape index (κ3) is 3.25. The van der Waals surface area contributed by atoms with Gasteiger partial charge in [-0.3, -0.25) is 0 Å². The predicted octanol–water partition coefficient (Wildman–Crippen LogP) is 3.65. The second-order valence-electron chi connectivity index (χ2n) is 8.51. The second-order valence-corrected chi connectivity index (χ2v) is 16.8. The third-order valence-electron chi connectivity index (χ3n) is 7.56. The predicted molar refractivity (Wildman–Crippen MR) is 122 cm³/mol. The van der Waals surface area contributed by atoms with E-state index in [1.54, 1.807) is 0 Å². The maximum atomic E-state index is 11.4. The molecule has 0 saturated heterocycles. The Hall–Kier alpha value is 0.820. The average molecular weight is 392 g/mol. The maximum absolute atomic E-state index is 11.4. The molecule has 2 fully saturated rings. The third-order valence-corrected chi connectivity index (χ3v) is 17.1. The molecule has 0 heterocycles. The molecule has 10 atom stereocenters. The van der Waals surface area contributed by atoms with Crippen molar-refractivity contribution in [1.29, 1.82) is 0 Å². The highest BCUT2D eigenvalue weighted by atomic mass is 31.2. The van der Waals surface area contributed by atoms with E-state index in [9.17, 15) is 10.2 Å². The van der Waals surface area contributed by atoms with E-state index in [0.717, 1.165) is 12.6 Å². The molecule has 5 heteroatoms. The van der Waals surface area contributed by atoms with Crippen molar-refractivity contribution in [2.45, 2.75) is 57.9 Å². The summed E-state index contributed by atoms with van der Waals surface area (Å²) >= 11 is 0. The molecule has 2 saturated carbocycles. The Bertz CT molecular complexity index is 557. The van der Waals surface area contributed by atoms with Crippen molar-refractivity contribution in [1.82, 2.24) is 0 Å². The van der Waals surface area contributed by atoms with Gasteiger partial charge in [-0.05, 0) is 55.0 Å². The van der Waals surface area contributed by atoms with Gasteiger partial charge in [0.25, 0.3) is 0 Å². The molecule has 0 bridgehead atoms. The van der Waals surface area contributed by atoms with Crippen molar-refractivity contribution >= 4 is 41.5 Å². The fourth-order valence-corrected chi connectivity index (χ4v) is 15.2. The van der Waals surface area contributed by atoms with E-state index in [1.807, 2.05) is 6.92 Å². The Morgan fingerprint density at radius 1 is 1.17 bits per heavy atom. The van der Waals surface area contributed by atoms with Gasteiger partial charge in [-0.15, -0.1) is 34.0 Å². The van der Waals surface area contributed by atoms with E-state index >= 15 is 0 Å². The van der Waals surface area contributed by atoms with Crippen LogP contribution in [-0.2, 0) is 0 Å². The number of aliphatic hydroxyl groups excluding tert-OH is 1. The largest absolute Gasteiger partial charge is 0.390 e. The zero-order valence-electron chi connectivity index (χ0n) is 16.2. The molecule has 0 aromatic carbocycles. The van der Waals surface area contributed by atoms with Crippen molar-refractivity contribution in [3.05, 3.63) is 0 Å². The number of hydrogen-bond donors (Lipinski definition) is 2. The molecular formula is C19H39O2P3. The van der Waals surface area contributed by atoms with Crippen molar-refractivity contribution < 1.29 is 10.2 Å². The van der Waals surface area contributed by atoms with Crippen molar-refractivity contribution in [2.24, 2.45) is 23.2 Å². The molecule has 0 spiro atoms. The standard InChI is InChI=1S/C19H39O2P3/c1-9-22(6)12-16(23(7)10-2)24(8)17(20)19-11-15(19)13(3)18(5,21)14(19)4/h13-17,20-24H,6-12H2,1-5H3/t13-,14+,15?,16?,17?,18+,19-/m1/s1. The molecule has 0 radical (unpaired) electrons. The summed E-state index contributed by atoms with van der Waals surface area (Å²) in [6, 6.07) is 0. The SMILES string of the molecule is C=[PH](CC)CC([PH](=C)CC)[PH](=C)C(O)[C@@]12CC1[C@@H](C)[C@](C)(O)[C@@H]2C. The van der Waals surface area contributed by atoms with Crippen LogP contribution in [0, 0.1) is 23.2 Å². The zero-order valence-corrected chi connectivity index (χ0v) is 19.2. The van der Waals surface area contributed by atoms with Gasteiger partial charge in [0.1, 0.15) is 0 Å². The van der Waals surface area contributed by atoms with Gasteiger partial charge in [0.05, 0.1) is 11.4 Å². The highest BCUT2D eigenvalue weighted by Crippen LogP contribution is 2.76. The number of aliphatic hydroxyl groups is 2. The fourth-order valence-electron chi connectivity index (χ4n) is 5.11. The van der Waals surface area contributed by atoms with Gasteiger partial charge in [0, 0.05) is 5.41 Å². The zero-order chi connectivity index (χ0) is 18.4. The fraction of sp³-hybridized carbons (Fsp3) is 0.842. The minimum atomic E-state index is -1.16. The van der Waals surface area contributed by atoms with Gasteiger partial charge in [-0.2, -0.15) is 0 Å². The summed E-state index contributed by atoms with van der Waals surface area (Å²) in [6.07, 6.45) is 18.0. The molecule has 0 amide bonds. The summed E-state index contributed by atoms with van der Waals surface area (Å²) in [5.41, 5.74) is -0.734. The summed E-state index contributed by atoms with van der Waals surface area (Å²) in [4.78, 5) is 0. The van der Waals surface area contributed by atoms with Crippen LogP contribution in [0.3, 0.4) is 0 Å². The summed E-state index contributed by atoms with van der Waals surface area (Å²) in [5.74, 6) is 0.580. The first-order valence-corrected chi connectivity index (χ1v) is 15.5. The first-order valence-electron chi connectivity index (χ1n) is 9.48. The molecule has 24 heavy (non-hydrogen) atoms. The summed E-state index contributed by atoms with van der Waals surface area (Å²) in [7, 11) is -2.45. The summed E-state index contributed by atoms with van der Waals surface area (Å²) < 4.78 is 0. The van der Waals surface area contributed by atoms with E-state index in [2.05, 4.69) is 46.6 Å². The van der Waals surface area contributed by atoms with Crippen molar-refractivity contribution in [3.8, 4) is 0 Å². The van der Waals surface area contributed by atoms with Crippen LogP contribution in [0.1, 0.15) is 41.0 Å². The quantitative estimate of drug-likeness (QED) is 0.619. The minimum Gasteiger partial charge on any atom is -0.390 e. The highest BCUT2D eigenvalue weighted by molar-refractivity contribution is 7.75. The summed E-state index contributed by atoms with van der Waals surface area (Å²) in [5, 5.41) is 22.8. The Kier molecular flexibility index (Phi) is 6.55. The molecule has 0 aliphatic heterocycles. The highest BCUT2D eigenvalue weighted by Gasteiger charge is 2.74. The van der Waals surface area contributed by atoms with Gasteiger partial charge in [-0.25, -0.2) is 0 Å². The van der Waals surface area contributed by atoms with E-state index < -0.39 is 28.2 Å². The first-order chi connectivity index (χ1) is 11.0. The first kappa shape index (κ1) is 21.1. The van der Waals surface area contributed by atoms with Gasteiger partial charge in [0.15, 0.2) is 0 Å². The van der Waals surface area contributed by atoms with Crippen molar-refractivity contribution in [3.63, 3.8) is 0 Å². The van der Waals surface area contributed by atoms with Crippen LogP contribution in [0.5, 0.6) is 0 Å². The van der Waals surface area contributed by atoms with Crippen LogP contribution >= 0.6 is 22.6 Å². The normalized spacial score (nSPS) is 44.4. The average Bonchev–Trinajstić information content (AvgIpc) is 3.28. The second kappa shape index (κ2) is 7.44. The topological polar surface area (TPSA) is 40.5 Å². The van der Waals surface area contributed by atoms with Crippen LogP contribution in [0.15, 0.2) is 0 Å². The van der Waals surface area contributed by atoms with Crippen molar-refractivity contribution in [2.75, 3.05) is 18.5 Å². The number of rotatable bonds is 8. The number of fused-ring (bicyclic) bond motifs is 1. The van der Waals surface area contributed by atoms with E-state index in [1.165, 1.54) is 12.3 Å². The van der Waals surface area contributed by atoms with Crippen LogP contribution in [0.2, 0.25) is 0 Å². The van der Waals surface area contributed by atoms with Gasteiger partial charge in [0.2, 0.25) is 0 Å². The molecule has 0 aromatic heterocycles. The number of hydrogen-bond acceptors (Lipinski definition) is 2. The maximum Gasteiger partial charge on any atom is 0.0765 e. The lowest BCUT2D eigenvalue weighted by Gasteiger charge is -2.38. The van der Waals surface area contributed by atoms with Gasteiger partial charge < -0.3 is 10.2 Å². The summed E-state index contributed by atoms with van der Waals surface area (Å²) in [6.45, 7) is 10.7. The van der Waals surface area contributed by atoms with E-state index in [0.29, 0.717) is 11.3 Å². The molecular weight excluding hydrogens is 353 g/mol. The van der Waals surface area contributed by atoms with Crippen LogP contribution in [0.4, 0.5) is 0 Å². The molecule has 6 unspecified atom stereocenters. The lowest BCUT2D eigenvalue weighted by Crippen LogP contribution is -2.40. The smallest absolute Gasteiger partial charge is 0.0765 e. The lowest BCUT2D eigenvalue weighted by molar-refractivity contribution is -0.0432. The molecule has 2 rings (SSSR count). The van der Waals surface area contributed by atoms with Crippen LogP contribution in [0.25, 0.3) is 0 Å². The Morgan fingerprint density at radius 3 is 2.17 bits per heavy atom. The Balaban J connectivity index is 2.25. The molecule has 142 valence electrons. The van der Waals surface area contributed by atoms with Gasteiger partial charge in [-0.1, -0.05) is 35.2 Å². The molecule has 2 aliphatic rings. The van der Waals surface area contributed by atoms with Crippen LogP contribution < -0.4 is 0 Å². The lowest BCUT2D eigenvalue weighted by atomic mass is 9.79. The van der Waals surface area contributed by atoms with Gasteiger partial charge >= 0.3 is 0 Å². The van der Waals surface area contributed by atoms with E-state index in [4.69, 9.17) is 0 Å². The Labute approximate surface area is 151 Å². The monoisotopic (exact) mass is 392 g/mol. The Morgan fingerprint density at radius 2 is 1.75 bits per heavy atom. The molecule has 2 nitrogen and oxygen atoms in total. The molecule has 2 aliphatic carbocycles.